The van der Waals surface area contributed by atoms with Gasteiger partial charge >= 0.3 is 5.97 Å². The van der Waals surface area contributed by atoms with E-state index in [1.54, 1.807) is 33.5 Å². The molecular weight excluding hydrogens is 458 g/mol. The minimum Gasteiger partial charge on any atom is -0.497 e. The van der Waals surface area contributed by atoms with Gasteiger partial charge in [-0.2, -0.15) is 0 Å². The number of methoxy groups -OCH3 is 3. The van der Waals surface area contributed by atoms with E-state index >= 15 is 0 Å². The monoisotopic (exact) mass is 491 g/mol. The Balaban J connectivity index is 1.86. The predicted octanol–water partition coefficient (Wildman–Crippen LogP) is 5.03. The molecule has 1 aliphatic carbocycles. The van der Waals surface area contributed by atoms with Gasteiger partial charge < -0.3 is 24.3 Å². The molecule has 4 rings (SSSR count). The number of allylic oxidation sites excluding steroid dienone is 3. The maximum Gasteiger partial charge on any atom is 0.336 e. The Morgan fingerprint density at radius 2 is 1.69 bits per heavy atom. The van der Waals surface area contributed by atoms with Crippen LogP contribution < -0.4 is 19.5 Å². The molecular formula is C29H33NO6. The zero-order chi connectivity index (χ0) is 25.8. The Morgan fingerprint density at radius 1 is 0.972 bits per heavy atom. The molecule has 7 heteroatoms. The zero-order valence-electron chi connectivity index (χ0n) is 21.5. The molecule has 7 nitrogen and oxygen atoms in total. The van der Waals surface area contributed by atoms with Crippen molar-refractivity contribution in [2.45, 2.75) is 44.9 Å². The summed E-state index contributed by atoms with van der Waals surface area (Å²) in [7, 11) is 4.80. The normalized spacial score (nSPS) is 19.4. The fourth-order valence-electron chi connectivity index (χ4n) is 5.18. The first kappa shape index (κ1) is 25.4. The third kappa shape index (κ3) is 4.70. The number of ether oxygens (including phenoxy) is 4. The Morgan fingerprint density at radius 3 is 2.39 bits per heavy atom. The van der Waals surface area contributed by atoms with Crippen molar-refractivity contribution < 1.29 is 28.5 Å². The second-order valence-electron chi connectivity index (χ2n) is 9.00. The average Bonchev–Trinajstić information content (AvgIpc) is 2.90. The quantitative estimate of drug-likeness (QED) is 0.519. The number of carbonyl (C=O) groups excluding carboxylic acids is 2. The second-order valence-corrected chi connectivity index (χ2v) is 9.00. The minimum absolute atomic E-state index is 0.0252. The maximum atomic E-state index is 13.9. The van der Waals surface area contributed by atoms with Crippen LogP contribution in [0.15, 0.2) is 65.0 Å². The summed E-state index contributed by atoms with van der Waals surface area (Å²) in [6, 6.07) is 13.2. The van der Waals surface area contributed by atoms with E-state index in [1.165, 1.54) is 0 Å². The van der Waals surface area contributed by atoms with E-state index < -0.39 is 11.9 Å². The molecule has 0 saturated heterocycles. The molecule has 1 N–H and O–H groups in total. The van der Waals surface area contributed by atoms with Crippen LogP contribution in [-0.2, 0) is 14.3 Å². The van der Waals surface area contributed by atoms with Crippen LogP contribution in [0.3, 0.4) is 0 Å². The number of hydrogen-bond acceptors (Lipinski definition) is 7. The number of nitrogens with one attached hydrogen (secondary N) is 1. The van der Waals surface area contributed by atoms with Gasteiger partial charge in [0.25, 0.3) is 0 Å². The Labute approximate surface area is 212 Å². The molecule has 0 bridgehead atoms. The van der Waals surface area contributed by atoms with Gasteiger partial charge in [-0.25, -0.2) is 4.79 Å². The first-order valence-corrected chi connectivity index (χ1v) is 12.2. The topological polar surface area (TPSA) is 83.1 Å². The van der Waals surface area contributed by atoms with Crippen LogP contribution in [0.25, 0.3) is 0 Å². The van der Waals surface area contributed by atoms with Gasteiger partial charge in [0.15, 0.2) is 5.78 Å². The SMILES string of the molecule is CCCOC(=O)C1=C(C)NC2=C(C(=O)C[C@H](c3ccccc3OC)C2)[C@H]1c1cc(OC)ccc1OC. The van der Waals surface area contributed by atoms with Crippen molar-refractivity contribution in [3.63, 3.8) is 0 Å². The summed E-state index contributed by atoms with van der Waals surface area (Å²) >= 11 is 0. The van der Waals surface area contributed by atoms with Crippen LogP contribution in [0.5, 0.6) is 17.2 Å². The summed E-state index contributed by atoms with van der Waals surface area (Å²) in [4.78, 5) is 27.2. The number of Topliss-reactive ketones (excluding diaryl/α,β-unsaturated/α-hetero) is 1. The highest BCUT2D eigenvalue weighted by molar-refractivity contribution is 6.04. The number of para-hydroxylation sites is 1. The Kier molecular flexibility index (Phi) is 7.67. The van der Waals surface area contributed by atoms with Crippen molar-refractivity contribution in [2.24, 2.45) is 0 Å². The van der Waals surface area contributed by atoms with E-state index in [1.807, 2.05) is 44.2 Å². The third-order valence-corrected chi connectivity index (χ3v) is 6.81. The summed E-state index contributed by atoms with van der Waals surface area (Å²) in [5, 5.41) is 3.38. The molecule has 2 aromatic carbocycles. The third-order valence-electron chi connectivity index (χ3n) is 6.81. The fourth-order valence-corrected chi connectivity index (χ4v) is 5.18. The maximum absolute atomic E-state index is 13.9. The van der Waals surface area contributed by atoms with E-state index in [2.05, 4.69) is 5.32 Å². The first-order valence-electron chi connectivity index (χ1n) is 12.2. The lowest BCUT2D eigenvalue weighted by Gasteiger charge is -2.37. The molecule has 0 spiro atoms. The molecule has 1 aliphatic heterocycles. The lowest BCUT2D eigenvalue weighted by Crippen LogP contribution is -2.36. The Hall–Kier alpha value is -3.74. The van der Waals surface area contributed by atoms with Crippen molar-refractivity contribution >= 4 is 11.8 Å². The highest BCUT2D eigenvalue weighted by atomic mass is 16.5. The molecule has 0 amide bonds. The molecule has 0 unspecified atom stereocenters. The standard InChI is InChI=1S/C29H33NO6/c1-6-13-36-29(32)26-17(2)30-22-14-18(20-9-7-8-10-24(20)34-4)15-23(31)28(22)27(26)21-16-19(33-3)11-12-25(21)35-5/h7-12,16,18,27,30H,6,13-15H2,1-5H3/t18-,27+/m1/s1. The molecule has 0 saturated carbocycles. The van der Waals surface area contributed by atoms with Crippen LogP contribution in [0.1, 0.15) is 56.1 Å². The highest BCUT2D eigenvalue weighted by Gasteiger charge is 2.43. The van der Waals surface area contributed by atoms with Gasteiger partial charge in [-0.3, -0.25) is 4.79 Å². The van der Waals surface area contributed by atoms with Crippen LogP contribution in [-0.4, -0.2) is 39.7 Å². The molecule has 1 heterocycles. The molecule has 2 aliphatic rings. The highest BCUT2D eigenvalue weighted by Crippen LogP contribution is 2.49. The van der Waals surface area contributed by atoms with Crippen molar-refractivity contribution in [3.8, 4) is 17.2 Å². The average molecular weight is 492 g/mol. The van der Waals surface area contributed by atoms with Crippen LogP contribution in [0, 0.1) is 0 Å². The number of dihydropyridines is 1. The predicted molar refractivity (Wildman–Crippen MR) is 136 cm³/mol. The molecule has 2 aromatic rings. The molecule has 2 atom stereocenters. The molecule has 36 heavy (non-hydrogen) atoms. The molecule has 0 radical (unpaired) electrons. The van der Waals surface area contributed by atoms with E-state index in [0.29, 0.717) is 59.8 Å². The smallest absolute Gasteiger partial charge is 0.336 e. The van der Waals surface area contributed by atoms with Gasteiger partial charge in [-0.1, -0.05) is 25.1 Å². The van der Waals surface area contributed by atoms with E-state index in [9.17, 15) is 9.59 Å². The van der Waals surface area contributed by atoms with Crippen molar-refractivity contribution in [3.05, 3.63) is 76.1 Å². The van der Waals surface area contributed by atoms with Gasteiger partial charge in [0.2, 0.25) is 0 Å². The van der Waals surface area contributed by atoms with E-state index in [-0.39, 0.29) is 11.7 Å². The second kappa shape index (κ2) is 10.9. The van der Waals surface area contributed by atoms with Gasteiger partial charge in [-0.05, 0) is 49.6 Å². The van der Waals surface area contributed by atoms with Crippen molar-refractivity contribution in [1.82, 2.24) is 5.32 Å². The van der Waals surface area contributed by atoms with Crippen molar-refractivity contribution in [2.75, 3.05) is 27.9 Å². The first-order chi connectivity index (χ1) is 17.4. The number of ketones is 1. The van der Waals surface area contributed by atoms with Crippen LogP contribution in [0.2, 0.25) is 0 Å². The number of esters is 1. The van der Waals surface area contributed by atoms with E-state index in [0.717, 1.165) is 17.0 Å². The molecule has 190 valence electrons. The number of benzene rings is 2. The summed E-state index contributed by atoms with van der Waals surface area (Å²) < 4.78 is 22.3. The Bertz CT molecular complexity index is 1230. The van der Waals surface area contributed by atoms with Gasteiger partial charge in [0.05, 0.1) is 39.4 Å². The number of hydrogen-bond donors (Lipinski definition) is 1. The number of rotatable bonds is 8. The largest absolute Gasteiger partial charge is 0.497 e. The molecule has 0 fully saturated rings. The number of carbonyl (C=O) groups is 2. The summed E-state index contributed by atoms with van der Waals surface area (Å²) in [6.07, 6.45) is 1.62. The van der Waals surface area contributed by atoms with Gasteiger partial charge in [-0.15, -0.1) is 0 Å². The summed E-state index contributed by atoms with van der Waals surface area (Å²) in [5.41, 5.74) is 4.14. The van der Waals surface area contributed by atoms with E-state index in [4.69, 9.17) is 18.9 Å². The van der Waals surface area contributed by atoms with Crippen LogP contribution in [0.4, 0.5) is 0 Å². The fraction of sp³-hybridized carbons (Fsp3) is 0.379. The molecule has 0 aromatic heterocycles. The van der Waals surface area contributed by atoms with Gasteiger partial charge in [0.1, 0.15) is 17.2 Å². The lowest BCUT2D eigenvalue weighted by atomic mass is 9.71. The summed E-state index contributed by atoms with van der Waals surface area (Å²) in [6.45, 7) is 4.09. The van der Waals surface area contributed by atoms with Gasteiger partial charge in [0, 0.05) is 34.9 Å². The van der Waals surface area contributed by atoms with Crippen LogP contribution >= 0.6 is 0 Å². The summed E-state index contributed by atoms with van der Waals surface area (Å²) in [5.74, 6) is 0.794. The van der Waals surface area contributed by atoms with Crippen molar-refractivity contribution in [1.29, 1.82) is 0 Å². The minimum atomic E-state index is -0.637. The zero-order valence-corrected chi connectivity index (χ0v) is 21.5. The lowest BCUT2D eigenvalue weighted by molar-refractivity contribution is -0.139.